The minimum atomic E-state index is -0.253. The van der Waals surface area contributed by atoms with Crippen molar-refractivity contribution < 1.29 is 9.53 Å². The van der Waals surface area contributed by atoms with Gasteiger partial charge in [0.2, 0.25) is 5.91 Å². The maximum Gasteiger partial charge on any atom is 0.272 e. The quantitative estimate of drug-likeness (QED) is 0.287. The number of methoxy groups -OCH3 is 1. The lowest BCUT2D eigenvalue weighted by molar-refractivity contribution is -0.113. The molecule has 1 N–H and O–H groups in total. The predicted molar refractivity (Wildman–Crippen MR) is 132 cm³/mol. The molecule has 0 fully saturated rings. The molecule has 2 aromatic heterocycles. The molecule has 9 heteroatoms. The molecule has 4 aromatic rings. The number of nitrogens with zero attached hydrogens (tertiary/aromatic N) is 2. The molecule has 0 saturated carbocycles. The van der Waals surface area contributed by atoms with Crippen molar-refractivity contribution in [2.45, 2.75) is 18.6 Å². The Morgan fingerprint density at radius 3 is 2.75 bits per heavy atom. The summed E-state index contributed by atoms with van der Waals surface area (Å²) in [5.41, 5.74) is 3.16. The number of amides is 1. The van der Waals surface area contributed by atoms with Crippen LogP contribution in [0.3, 0.4) is 0 Å². The molecule has 0 saturated heterocycles. The molecular formula is C23H20ClN3O3S2. The molecule has 164 valence electrons. The molecule has 2 heterocycles. The van der Waals surface area contributed by atoms with Gasteiger partial charge in [-0.2, -0.15) is 0 Å². The SMILES string of the molecule is COc1ccc(Cl)cc1NC(=O)CSc1nc2ccsc2c(=O)n1Cc1ccc(C)cc1. The topological polar surface area (TPSA) is 73.2 Å². The first-order valence-electron chi connectivity index (χ1n) is 9.74. The fourth-order valence-corrected chi connectivity index (χ4v) is 4.89. The Morgan fingerprint density at radius 2 is 2.00 bits per heavy atom. The zero-order chi connectivity index (χ0) is 22.7. The molecule has 0 atom stereocenters. The fraction of sp³-hybridized carbons (Fsp3) is 0.174. The first kappa shape index (κ1) is 22.4. The van der Waals surface area contributed by atoms with Crippen LogP contribution in [0.25, 0.3) is 10.2 Å². The molecule has 32 heavy (non-hydrogen) atoms. The molecule has 0 aliphatic carbocycles. The highest BCUT2D eigenvalue weighted by Crippen LogP contribution is 2.28. The van der Waals surface area contributed by atoms with Crippen molar-refractivity contribution in [2.75, 3.05) is 18.2 Å². The molecule has 0 aliphatic heterocycles. The van der Waals surface area contributed by atoms with E-state index in [0.717, 1.165) is 11.1 Å². The Hall–Kier alpha value is -2.81. The number of aromatic nitrogens is 2. The van der Waals surface area contributed by atoms with Crippen LogP contribution in [0.4, 0.5) is 5.69 Å². The van der Waals surface area contributed by atoms with Gasteiger partial charge >= 0.3 is 0 Å². The zero-order valence-electron chi connectivity index (χ0n) is 17.4. The smallest absolute Gasteiger partial charge is 0.272 e. The summed E-state index contributed by atoms with van der Waals surface area (Å²) in [6, 6.07) is 14.8. The van der Waals surface area contributed by atoms with Crippen molar-refractivity contribution in [3.05, 3.63) is 80.4 Å². The molecule has 0 radical (unpaired) electrons. The summed E-state index contributed by atoms with van der Waals surface area (Å²) in [5, 5.41) is 5.65. The maximum absolute atomic E-state index is 13.1. The van der Waals surface area contributed by atoms with Crippen LogP contribution < -0.4 is 15.6 Å². The number of hydrogen-bond acceptors (Lipinski definition) is 6. The van der Waals surface area contributed by atoms with Crippen LogP contribution in [-0.4, -0.2) is 28.3 Å². The second-order valence-electron chi connectivity index (χ2n) is 7.09. The predicted octanol–water partition coefficient (Wildman–Crippen LogP) is 5.21. The van der Waals surface area contributed by atoms with Gasteiger partial charge in [0, 0.05) is 5.02 Å². The van der Waals surface area contributed by atoms with Crippen LogP contribution >= 0.6 is 34.7 Å². The lowest BCUT2D eigenvalue weighted by atomic mass is 10.1. The van der Waals surface area contributed by atoms with Crippen molar-refractivity contribution in [3.8, 4) is 5.75 Å². The van der Waals surface area contributed by atoms with Gasteiger partial charge in [-0.3, -0.25) is 14.2 Å². The van der Waals surface area contributed by atoms with E-state index >= 15 is 0 Å². The van der Waals surface area contributed by atoms with Crippen LogP contribution in [0.1, 0.15) is 11.1 Å². The van der Waals surface area contributed by atoms with Crippen LogP contribution in [0.2, 0.25) is 5.02 Å². The number of halogens is 1. The Labute approximate surface area is 198 Å². The third-order valence-corrected chi connectivity index (χ3v) is 6.86. The number of ether oxygens (including phenoxy) is 1. The maximum atomic E-state index is 13.1. The average molecular weight is 486 g/mol. The van der Waals surface area contributed by atoms with Crippen molar-refractivity contribution in [3.63, 3.8) is 0 Å². The summed E-state index contributed by atoms with van der Waals surface area (Å²) in [7, 11) is 1.53. The van der Waals surface area contributed by atoms with Gasteiger partial charge in [0.1, 0.15) is 10.4 Å². The van der Waals surface area contributed by atoms with E-state index in [1.807, 2.05) is 42.6 Å². The third kappa shape index (κ3) is 4.98. The summed E-state index contributed by atoms with van der Waals surface area (Å²) >= 11 is 8.63. The number of fused-ring (bicyclic) bond motifs is 1. The number of hydrogen-bond donors (Lipinski definition) is 1. The Bertz CT molecular complexity index is 1330. The summed E-state index contributed by atoms with van der Waals surface area (Å²) in [5.74, 6) is 0.338. The second-order valence-corrected chi connectivity index (χ2v) is 9.38. The van der Waals surface area contributed by atoms with Crippen molar-refractivity contribution >= 4 is 56.5 Å². The third-order valence-electron chi connectivity index (χ3n) is 4.76. The molecule has 0 aliphatic rings. The van der Waals surface area contributed by atoms with Gasteiger partial charge in [0.05, 0.1) is 30.6 Å². The molecule has 0 bridgehead atoms. The van der Waals surface area contributed by atoms with Gasteiger partial charge in [-0.1, -0.05) is 53.2 Å². The fourth-order valence-electron chi connectivity index (χ4n) is 3.14. The van der Waals surface area contributed by atoms with Gasteiger partial charge in [0.25, 0.3) is 5.56 Å². The number of aryl methyl sites for hydroxylation is 1. The van der Waals surface area contributed by atoms with Crippen molar-refractivity contribution in [1.82, 2.24) is 9.55 Å². The van der Waals surface area contributed by atoms with Crippen LogP contribution in [0.15, 0.2) is 63.9 Å². The molecule has 0 spiro atoms. The van der Waals surface area contributed by atoms with E-state index in [0.29, 0.717) is 38.4 Å². The van der Waals surface area contributed by atoms with Gasteiger partial charge in [-0.25, -0.2) is 4.98 Å². The standard InChI is InChI=1S/C23H20ClN3O3S2/c1-14-3-5-15(6-4-14)12-27-22(29)21-17(9-10-31-21)26-23(27)32-13-20(28)25-18-11-16(24)7-8-19(18)30-2/h3-11H,12-13H2,1-2H3,(H,25,28). The largest absolute Gasteiger partial charge is 0.495 e. The van der Waals surface area contributed by atoms with Crippen LogP contribution in [0, 0.1) is 6.92 Å². The van der Waals surface area contributed by atoms with E-state index in [1.54, 1.807) is 22.8 Å². The highest BCUT2D eigenvalue weighted by Gasteiger charge is 2.16. The highest BCUT2D eigenvalue weighted by atomic mass is 35.5. The lowest BCUT2D eigenvalue weighted by Crippen LogP contribution is -2.24. The monoisotopic (exact) mass is 485 g/mol. The van der Waals surface area contributed by atoms with Gasteiger partial charge in [0.15, 0.2) is 5.16 Å². The molecular weight excluding hydrogens is 466 g/mol. The molecule has 4 rings (SSSR count). The number of nitrogens with one attached hydrogen (secondary N) is 1. The summed E-state index contributed by atoms with van der Waals surface area (Å²) in [6.07, 6.45) is 0. The van der Waals surface area contributed by atoms with E-state index in [9.17, 15) is 9.59 Å². The first-order chi connectivity index (χ1) is 15.4. The first-order valence-corrected chi connectivity index (χ1v) is 12.0. The number of carbonyl (C=O) groups excluding carboxylic acids is 1. The number of benzene rings is 2. The van der Waals surface area contributed by atoms with E-state index in [2.05, 4.69) is 10.3 Å². The van der Waals surface area contributed by atoms with Crippen LogP contribution in [0.5, 0.6) is 5.75 Å². The average Bonchev–Trinajstić information content (AvgIpc) is 3.25. The summed E-state index contributed by atoms with van der Waals surface area (Å²) in [6.45, 7) is 2.40. The number of thiophene rings is 1. The van der Waals surface area contributed by atoms with Crippen LogP contribution in [-0.2, 0) is 11.3 Å². The van der Waals surface area contributed by atoms with E-state index in [4.69, 9.17) is 16.3 Å². The minimum Gasteiger partial charge on any atom is -0.495 e. The van der Waals surface area contributed by atoms with Crippen molar-refractivity contribution in [1.29, 1.82) is 0 Å². The van der Waals surface area contributed by atoms with E-state index in [1.165, 1.54) is 30.2 Å². The minimum absolute atomic E-state index is 0.0750. The Morgan fingerprint density at radius 1 is 1.22 bits per heavy atom. The summed E-state index contributed by atoms with van der Waals surface area (Å²) in [4.78, 5) is 30.4. The van der Waals surface area contributed by atoms with Gasteiger partial charge < -0.3 is 10.1 Å². The van der Waals surface area contributed by atoms with E-state index in [-0.39, 0.29) is 17.2 Å². The Balaban J connectivity index is 1.58. The van der Waals surface area contributed by atoms with Gasteiger partial charge in [-0.05, 0) is 42.1 Å². The van der Waals surface area contributed by atoms with Gasteiger partial charge in [-0.15, -0.1) is 11.3 Å². The number of rotatable bonds is 7. The highest BCUT2D eigenvalue weighted by molar-refractivity contribution is 7.99. The zero-order valence-corrected chi connectivity index (χ0v) is 19.8. The molecule has 1 amide bonds. The summed E-state index contributed by atoms with van der Waals surface area (Å²) < 4.78 is 7.51. The molecule has 2 aromatic carbocycles. The number of anilines is 1. The molecule has 6 nitrogen and oxygen atoms in total. The number of thioether (sulfide) groups is 1. The Kier molecular flexibility index (Phi) is 6.83. The van der Waals surface area contributed by atoms with E-state index < -0.39 is 0 Å². The number of carbonyl (C=O) groups is 1. The van der Waals surface area contributed by atoms with Crippen molar-refractivity contribution in [2.24, 2.45) is 0 Å². The lowest BCUT2D eigenvalue weighted by Gasteiger charge is -2.13. The molecule has 0 unspecified atom stereocenters. The second kappa shape index (κ2) is 9.77. The normalized spacial score (nSPS) is 11.0.